The minimum Gasteiger partial charge on any atom is -0.378 e. The molecule has 5 nitrogen and oxygen atoms in total. The third-order valence-electron chi connectivity index (χ3n) is 3.01. The number of nitrogens with zero attached hydrogens (tertiary/aromatic N) is 2. The van der Waals surface area contributed by atoms with Crippen molar-refractivity contribution in [1.29, 1.82) is 0 Å². The third kappa shape index (κ3) is 3.18. The van der Waals surface area contributed by atoms with Crippen LogP contribution in [0.4, 0.5) is 0 Å². The van der Waals surface area contributed by atoms with Gasteiger partial charge in [0, 0.05) is 29.5 Å². The van der Waals surface area contributed by atoms with Crippen LogP contribution in [0.25, 0.3) is 0 Å². The van der Waals surface area contributed by atoms with Gasteiger partial charge in [-0.15, -0.1) is 0 Å². The van der Waals surface area contributed by atoms with Gasteiger partial charge in [-0.3, -0.25) is 4.79 Å². The molecule has 1 amide bonds. The van der Waals surface area contributed by atoms with E-state index in [0.29, 0.717) is 10.6 Å². The highest BCUT2D eigenvalue weighted by Gasteiger charge is 2.19. The zero-order chi connectivity index (χ0) is 14.5. The predicted molar refractivity (Wildman–Crippen MR) is 76.2 cm³/mol. The summed E-state index contributed by atoms with van der Waals surface area (Å²) in [6.45, 7) is 3.03. The molecule has 0 aliphatic heterocycles. The van der Waals surface area contributed by atoms with Crippen LogP contribution in [-0.4, -0.2) is 20.6 Å². The largest absolute Gasteiger partial charge is 0.378 e. The Balaban J connectivity index is 2.00. The quantitative estimate of drug-likeness (QED) is 0.885. The van der Waals surface area contributed by atoms with Crippen molar-refractivity contribution in [3.05, 3.63) is 53.1 Å². The second kappa shape index (κ2) is 6.54. The molecule has 106 valence electrons. The van der Waals surface area contributed by atoms with Crippen molar-refractivity contribution in [2.24, 2.45) is 0 Å². The summed E-state index contributed by atoms with van der Waals surface area (Å²) in [5.41, 5.74) is 0.394. The molecule has 1 aromatic carbocycles. The molecule has 0 aliphatic rings. The highest BCUT2D eigenvalue weighted by atomic mass is 35.5. The first kappa shape index (κ1) is 14.6. The number of benzene rings is 1. The Labute approximate surface area is 122 Å². The van der Waals surface area contributed by atoms with Crippen molar-refractivity contribution in [3.63, 3.8) is 0 Å². The zero-order valence-corrected chi connectivity index (χ0v) is 11.8. The minimum absolute atomic E-state index is 0.265. The molecule has 0 unspecified atom stereocenters. The zero-order valence-electron chi connectivity index (χ0n) is 11.1. The van der Waals surface area contributed by atoms with Crippen LogP contribution in [0.15, 0.2) is 36.7 Å². The second-order valence-corrected chi connectivity index (χ2v) is 4.68. The van der Waals surface area contributed by atoms with Crippen LogP contribution in [0.5, 0.6) is 0 Å². The Bertz CT molecular complexity index is 598. The van der Waals surface area contributed by atoms with Gasteiger partial charge in [0.1, 0.15) is 5.82 Å². The van der Waals surface area contributed by atoms with E-state index in [1.807, 2.05) is 17.7 Å². The molecule has 2 rings (SSSR count). The third-order valence-corrected chi connectivity index (χ3v) is 3.36. The summed E-state index contributed by atoms with van der Waals surface area (Å²) in [6.07, 6.45) is 2.23. The van der Waals surface area contributed by atoms with Gasteiger partial charge in [0.15, 0.2) is 6.10 Å². The molecule has 2 N–H and O–H groups in total. The Kier molecular flexibility index (Phi) is 4.76. The van der Waals surface area contributed by atoms with E-state index in [1.54, 1.807) is 30.5 Å². The number of aliphatic hydroxyl groups is 1. The van der Waals surface area contributed by atoms with E-state index in [4.69, 9.17) is 11.6 Å². The van der Waals surface area contributed by atoms with Gasteiger partial charge in [-0.25, -0.2) is 4.98 Å². The molecule has 0 aliphatic carbocycles. The molecule has 0 bridgehead atoms. The number of rotatable bonds is 5. The topological polar surface area (TPSA) is 67.2 Å². The minimum atomic E-state index is -1.28. The molecule has 0 fully saturated rings. The highest BCUT2D eigenvalue weighted by molar-refractivity contribution is 6.31. The highest BCUT2D eigenvalue weighted by Crippen LogP contribution is 2.22. The van der Waals surface area contributed by atoms with E-state index in [9.17, 15) is 9.90 Å². The Morgan fingerprint density at radius 2 is 2.25 bits per heavy atom. The van der Waals surface area contributed by atoms with Crippen molar-refractivity contribution in [2.45, 2.75) is 26.1 Å². The Morgan fingerprint density at radius 3 is 2.95 bits per heavy atom. The number of nitrogens with one attached hydrogen (secondary N) is 1. The first-order valence-electron chi connectivity index (χ1n) is 6.33. The van der Waals surface area contributed by atoms with Crippen molar-refractivity contribution >= 4 is 17.5 Å². The number of aliphatic hydroxyl groups excluding tert-OH is 1. The lowest BCUT2D eigenvalue weighted by Gasteiger charge is -2.13. The number of carbonyl (C=O) groups excluding carboxylic acids is 1. The van der Waals surface area contributed by atoms with Crippen LogP contribution in [0, 0.1) is 0 Å². The van der Waals surface area contributed by atoms with Gasteiger partial charge >= 0.3 is 0 Å². The van der Waals surface area contributed by atoms with Crippen LogP contribution in [0.2, 0.25) is 5.02 Å². The molecule has 1 heterocycles. The lowest BCUT2D eigenvalue weighted by molar-refractivity contribution is -0.129. The number of amides is 1. The maximum absolute atomic E-state index is 11.9. The Hall–Kier alpha value is -1.85. The molecular formula is C14H16ClN3O2. The molecule has 6 heteroatoms. The van der Waals surface area contributed by atoms with Gasteiger partial charge in [-0.2, -0.15) is 0 Å². The fourth-order valence-corrected chi connectivity index (χ4v) is 2.14. The van der Waals surface area contributed by atoms with E-state index in [-0.39, 0.29) is 6.54 Å². The van der Waals surface area contributed by atoms with E-state index in [2.05, 4.69) is 10.3 Å². The summed E-state index contributed by atoms with van der Waals surface area (Å²) in [5.74, 6) is 0.246. The van der Waals surface area contributed by atoms with Crippen LogP contribution >= 0.6 is 11.6 Å². The Morgan fingerprint density at radius 1 is 1.50 bits per heavy atom. The number of halogens is 1. The van der Waals surface area contributed by atoms with Crippen molar-refractivity contribution in [1.82, 2.24) is 14.9 Å². The molecule has 0 spiro atoms. The van der Waals surface area contributed by atoms with Crippen LogP contribution in [0.1, 0.15) is 24.4 Å². The van der Waals surface area contributed by atoms with Crippen molar-refractivity contribution in [2.75, 3.05) is 0 Å². The monoisotopic (exact) mass is 293 g/mol. The molecule has 0 saturated carbocycles. The maximum atomic E-state index is 11.9. The second-order valence-electron chi connectivity index (χ2n) is 4.27. The summed E-state index contributed by atoms with van der Waals surface area (Å²) in [7, 11) is 0. The molecule has 20 heavy (non-hydrogen) atoms. The first-order chi connectivity index (χ1) is 9.63. The van der Waals surface area contributed by atoms with Crippen LogP contribution in [-0.2, 0) is 17.9 Å². The van der Waals surface area contributed by atoms with Gasteiger partial charge in [-0.1, -0.05) is 29.8 Å². The summed E-state index contributed by atoms with van der Waals surface area (Å²) < 4.78 is 1.92. The van der Waals surface area contributed by atoms with E-state index in [0.717, 1.165) is 12.4 Å². The number of aromatic nitrogens is 2. The molecule has 0 radical (unpaired) electrons. The van der Waals surface area contributed by atoms with Gasteiger partial charge in [0.05, 0.1) is 6.54 Å². The van der Waals surface area contributed by atoms with Crippen LogP contribution in [0.3, 0.4) is 0 Å². The SMILES string of the molecule is CCn1ccnc1CNC(=O)[C@@H](O)c1ccccc1Cl. The van der Waals surface area contributed by atoms with E-state index in [1.165, 1.54) is 0 Å². The normalized spacial score (nSPS) is 12.2. The number of carbonyl (C=O) groups is 1. The summed E-state index contributed by atoms with van der Waals surface area (Å²) in [4.78, 5) is 16.1. The molecule has 1 aromatic heterocycles. The fourth-order valence-electron chi connectivity index (χ4n) is 1.90. The fraction of sp³-hybridized carbons (Fsp3) is 0.286. The van der Waals surface area contributed by atoms with Gasteiger partial charge in [-0.05, 0) is 13.0 Å². The summed E-state index contributed by atoms with van der Waals surface area (Å²) in [6, 6.07) is 6.73. The number of aryl methyl sites for hydroxylation is 1. The summed E-state index contributed by atoms with van der Waals surface area (Å²) >= 11 is 5.95. The average molecular weight is 294 g/mol. The van der Waals surface area contributed by atoms with Gasteiger partial charge < -0.3 is 15.0 Å². The standard InChI is InChI=1S/C14H16ClN3O2/c1-2-18-8-7-16-12(18)9-17-14(20)13(19)10-5-3-4-6-11(10)15/h3-8,13,19H,2,9H2,1H3,(H,17,20)/t13-/m0/s1. The summed E-state index contributed by atoms with van der Waals surface area (Å²) in [5, 5.41) is 13.0. The van der Waals surface area contributed by atoms with E-state index < -0.39 is 12.0 Å². The van der Waals surface area contributed by atoms with Crippen molar-refractivity contribution in [3.8, 4) is 0 Å². The predicted octanol–water partition coefficient (Wildman–Crippen LogP) is 1.91. The smallest absolute Gasteiger partial charge is 0.253 e. The van der Waals surface area contributed by atoms with Crippen LogP contribution < -0.4 is 5.32 Å². The molecule has 2 aromatic rings. The van der Waals surface area contributed by atoms with E-state index >= 15 is 0 Å². The maximum Gasteiger partial charge on any atom is 0.253 e. The van der Waals surface area contributed by atoms with Gasteiger partial charge in [0.25, 0.3) is 5.91 Å². The van der Waals surface area contributed by atoms with Gasteiger partial charge in [0.2, 0.25) is 0 Å². The molecule has 0 saturated heterocycles. The lowest BCUT2D eigenvalue weighted by atomic mass is 10.1. The first-order valence-corrected chi connectivity index (χ1v) is 6.71. The van der Waals surface area contributed by atoms with Crippen molar-refractivity contribution < 1.29 is 9.90 Å². The molecular weight excluding hydrogens is 278 g/mol. The number of imidazole rings is 1. The number of hydrogen-bond acceptors (Lipinski definition) is 3. The molecule has 1 atom stereocenters. The number of hydrogen-bond donors (Lipinski definition) is 2. The average Bonchev–Trinajstić information content (AvgIpc) is 2.92. The lowest BCUT2D eigenvalue weighted by Crippen LogP contribution is -2.30.